The highest BCUT2D eigenvalue weighted by atomic mass is 19.1. The standard InChI is InChI=1S/C30H31FN6O5/c1-19-7-13-25(42-19)29-33-35-37(34-29)17-27(38)36(16-20-8-14-24-26(15-20)41-18-40-24)28(21-9-11-22(31)12-10-21)30(39)32-23-5-3-2-4-6-23/h7-15,23,28H,2-6,16-18H2,1H3,(H,32,39)/t28-/m0/s1. The van der Waals surface area contributed by atoms with Gasteiger partial charge in [-0.1, -0.05) is 37.5 Å². The van der Waals surface area contributed by atoms with Gasteiger partial charge in [-0.15, -0.1) is 10.2 Å². The van der Waals surface area contributed by atoms with Crippen molar-refractivity contribution < 1.29 is 27.9 Å². The first-order valence-electron chi connectivity index (χ1n) is 14.0. The lowest BCUT2D eigenvalue weighted by Crippen LogP contribution is -2.47. The number of furan rings is 1. The Morgan fingerprint density at radius 1 is 1.05 bits per heavy atom. The minimum atomic E-state index is -1.04. The van der Waals surface area contributed by atoms with Crippen LogP contribution in [0.3, 0.4) is 0 Å². The van der Waals surface area contributed by atoms with E-state index in [-0.39, 0.29) is 37.7 Å². The highest BCUT2D eigenvalue weighted by Gasteiger charge is 2.34. The number of halogens is 1. The van der Waals surface area contributed by atoms with Crippen molar-refractivity contribution in [1.29, 1.82) is 0 Å². The number of rotatable bonds is 9. The minimum Gasteiger partial charge on any atom is -0.458 e. The van der Waals surface area contributed by atoms with Crippen LogP contribution in [0.15, 0.2) is 59.0 Å². The van der Waals surface area contributed by atoms with Crippen LogP contribution in [0.25, 0.3) is 11.6 Å². The molecule has 0 bridgehead atoms. The highest BCUT2D eigenvalue weighted by molar-refractivity contribution is 5.89. The topological polar surface area (TPSA) is 125 Å². The Morgan fingerprint density at radius 2 is 1.83 bits per heavy atom. The van der Waals surface area contributed by atoms with Crippen molar-refractivity contribution in [3.05, 3.63) is 77.3 Å². The molecule has 2 aliphatic rings. The number of nitrogens with one attached hydrogen (secondary N) is 1. The fraction of sp³-hybridized carbons (Fsp3) is 0.367. The van der Waals surface area contributed by atoms with E-state index in [9.17, 15) is 14.0 Å². The first-order valence-corrected chi connectivity index (χ1v) is 14.0. The number of benzene rings is 2. The number of carbonyl (C=O) groups is 2. The van der Waals surface area contributed by atoms with E-state index >= 15 is 0 Å². The summed E-state index contributed by atoms with van der Waals surface area (Å²) in [6.07, 6.45) is 4.93. The summed E-state index contributed by atoms with van der Waals surface area (Å²) in [7, 11) is 0. The number of ether oxygens (including phenoxy) is 2. The maximum absolute atomic E-state index is 14.0. The van der Waals surface area contributed by atoms with Crippen molar-refractivity contribution in [2.45, 2.75) is 64.2 Å². The molecule has 3 heterocycles. The van der Waals surface area contributed by atoms with Gasteiger partial charge in [-0.3, -0.25) is 9.59 Å². The molecule has 0 radical (unpaired) electrons. The molecule has 0 unspecified atom stereocenters. The van der Waals surface area contributed by atoms with E-state index in [1.54, 1.807) is 31.2 Å². The van der Waals surface area contributed by atoms with Gasteiger partial charge in [0.25, 0.3) is 0 Å². The molecule has 12 heteroatoms. The summed E-state index contributed by atoms with van der Waals surface area (Å²) < 4.78 is 30.5. The van der Waals surface area contributed by atoms with Gasteiger partial charge in [0.05, 0.1) is 0 Å². The molecule has 1 atom stereocenters. The number of hydrogen-bond donors (Lipinski definition) is 1. The van der Waals surface area contributed by atoms with Crippen LogP contribution in [-0.4, -0.2) is 49.8 Å². The van der Waals surface area contributed by atoms with Crippen LogP contribution < -0.4 is 14.8 Å². The molecule has 2 amide bonds. The van der Waals surface area contributed by atoms with Crippen molar-refractivity contribution in [3.8, 4) is 23.1 Å². The molecule has 1 aliphatic heterocycles. The summed E-state index contributed by atoms with van der Waals surface area (Å²) in [6, 6.07) is 13.5. The summed E-state index contributed by atoms with van der Waals surface area (Å²) in [4.78, 5) is 30.6. The second-order valence-electron chi connectivity index (χ2n) is 10.6. The second-order valence-corrected chi connectivity index (χ2v) is 10.6. The Bertz CT molecular complexity index is 1560. The summed E-state index contributed by atoms with van der Waals surface area (Å²) in [5, 5.41) is 15.5. The van der Waals surface area contributed by atoms with Gasteiger partial charge in [0, 0.05) is 12.6 Å². The zero-order chi connectivity index (χ0) is 29.1. The van der Waals surface area contributed by atoms with E-state index in [0.717, 1.165) is 37.7 Å². The maximum atomic E-state index is 14.0. The zero-order valence-electron chi connectivity index (χ0n) is 23.2. The lowest BCUT2D eigenvalue weighted by molar-refractivity contribution is -0.142. The molecule has 1 N–H and O–H groups in total. The van der Waals surface area contributed by atoms with E-state index < -0.39 is 17.8 Å². The maximum Gasteiger partial charge on any atom is 0.247 e. The molecule has 1 aliphatic carbocycles. The van der Waals surface area contributed by atoms with Crippen molar-refractivity contribution in [2.75, 3.05) is 6.79 Å². The van der Waals surface area contributed by atoms with Crippen LogP contribution in [0.2, 0.25) is 0 Å². The Labute approximate surface area is 241 Å². The zero-order valence-corrected chi connectivity index (χ0v) is 23.2. The van der Waals surface area contributed by atoms with E-state index in [2.05, 4.69) is 20.7 Å². The number of tetrazole rings is 1. The second kappa shape index (κ2) is 12.0. The third-order valence-corrected chi connectivity index (χ3v) is 7.50. The van der Waals surface area contributed by atoms with Crippen molar-refractivity contribution in [2.24, 2.45) is 0 Å². The molecule has 0 spiro atoms. The number of nitrogens with zero attached hydrogens (tertiary/aromatic N) is 5. The minimum absolute atomic E-state index is 0.00739. The van der Waals surface area contributed by atoms with Gasteiger partial charge in [0.1, 0.15) is 24.2 Å². The smallest absolute Gasteiger partial charge is 0.247 e. The number of aromatic nitrogens is 4. The molecule has 4 aromatic rings. The number of amides is 2. The lowest BCUT2D eigenvalue weighted by atomic mass is 9.94. The normalized spacial score (nSPS) is 15.4. The molecule has 11 nitrogen and oxygen atoms in total. The molecule has 1 fully saturated rings. The third kappa shape index (κ3) is 6.12. The average Bonchev–Trinajstić information content (AvgIpc) is 3.75. The number of aryl methyl sites for hydroxylation is 1. The van der Waals surface area contributed by atoms with Gasteiger partial charge in [-0.25, -0.2) is 4.39 Å². The van der Waals surface area contributed by atoms with Crippen LogP contribution in [0, 0.1) is 12.7 Å². The summed E-state index contributed by atoms with van der Waals surface area (Å²) in [5.41, 5.74) is 1.21. The van der Waals surface area contributed by atoms with Gasteiger partial charge < -0.3 is 24.1 Å². The SMILES string of the molecule is Cc1ccc(-c2nnn(CC(=O)N(Cc3ccc4c(c3)OCO4)[C@H](C(=O)NC3CCCCC3)c3ccc(F)cc3)n2)o1. The van der Waals surface area contributed by atoms with Crippen molar-refractivity contribution >= 4 is 11.8 Å². The van der Waals surface area contributed by atoms with Crippen molar-refractivity contribution in [1.82, 2.24) is 30.4 Å². The first-order chi connectivity index (χ1) is 20.4. The molecule has 0 saturated heterocycles. The van der Waals surface area contributed by atoms with Gasteiger partial charge >= 0.3 is 0 Å². The predicted molar refractivity (Wildman–Crippen MR) is 148 cm³/mol. The number of fused-ring (bicyclic) bond motifs is 1. The molecular weight excluding hydrogens is 543 g/mol. The third-order valence-electron chi connectivity index (χ3n) is 7.50. The molecule has 42 heavy (non-hydrogen) atoms. The first kappa shape index (κ1) is 27.4. The van der Waals surface area contributed by atoms with Gasteiger partial charge in [0.2, 0.25) is 24.4 Å². The van der Waals surface area contributed by atoms with Gasteiger partial charge in [-0.05, 0) is 72.5 Å². The number of carbonyl (C=O) groups excluding carboxylic acids is 2. The van der Waals surface area contributed by atoms with Crippen LogP contribution in [0.1, 0.15) is 55.0 Å². The van der Waals surface area contributed by atoms with Crippen LogP contribution in [0.5, 0.6) is 11.5 Å². The molecule has 2 aromatic carbocycles. The fourth-order valence-corrected chi connectivity index (χ4v) is 5.38. The monoisotopic (exact) mass is 574 g/mol. The lowest BCUT2D eigenvalue weighted by Gasteiger charge is -2.33. The molecular formula is C30H31FN6O5. The number of hydrogen-bond acceptors (Lipinski definition) is 8. The van der Waals surface area contributed by atoms with Crippen LogP contribution in [0.4, 0.5) is 4.39 Å². The van der Waals surface area contributed by atoms with Crippen LogP contribution >= 0.6 is 0 Å². The van der Waals surface area contributed by atoms with Crippen molar-refractivity contribution in [3.63, 3.8) is 0 Å². The Kier molecular flexibility index (Phi) is 7.85. The summed E-state index contributed by atoms with van der Waals surface area (Å²) in [6.45, 7) is 1.69. The van der Waals surface area contributed by atoms with Gasteiger partial charge in [0.15, 0.2) is 17.3 Å². The van der Waals surface area contributed by atoms with Gasteiger partial charge in [-0.2, -0.15) is 4.80 Å². The van der Waals surface area contributed by atoms with E-state index in [1.165, 1.54) is 34.0 Å². The summed E-state index contributed by atoms with van der Waals surface area (Å²) >= 11 is 0. The van der Waals surface area contributed by atoms with E-state index in [0.29, 0.717) is 28.6 Å². The van der Waals surface area contributed by atoms with E-state index in [4.69, 9.17) is 13.9 Å². The molecule has 6 rings (SSSR count). The Morgan fingerprint density at radius 3 is 2.60 bits per heavy atom. The Hall–Kier alpha value is -4.74. The van der Waals surface area contributed by atoms with E-state index in [1.807, 2.05) is 6.07 Å². The largest absolute Gasteiger partial charge is 0.458 e. The average molecular weight is 575 g/mol. The highest BCUT2D eigenvalue weighted by Crippen LogP contribution is 2.34. The Balaban J connectivity index is 1.33. The molecule has 218 valence electrons. The fourth-order valence-electron chi connectivity index (χ4n) is 5.38. The predicted octanol–water partition coefficient (Wildman–Crippen LogP) is 4.33. The summed E-state index contributed by atoms with van der Waals surface area (Å²) in [5.74, 6) is 1.32. The molecule has 1 saturated carbocycles. The van der Waals surface area contributed by atoms with Crippen LogP contribution in [-0.2, 0) is 22.7 Å². The molecule has 2 aromatic heterocycles. The quantitative estimate of drug-likeness (QED) is 0.313.